The van der Waals surface area contributed by atoms with Crippen molar-refractivity contribution in [2.75, 3.05) is 0 Å². The first-order valence-corrected chi connectivity index (χ1v) is 6.40. The fraction of sp³-hybridized carbons (Fsp3) is 0.583. The number of nitrogens with two attached hydrogens (primary N) is 1. The van der Waals surface area contributed by atoms with Gasteiger partial charge in [-0.25, -0.2) is 0 Å². The molecule has 0 aliphatic rings. The lowest BCUT2D eigenvalue weighted by atomic mass is 10.1. The van der Waals surface area contributed by atoms with E-state index in [9.17, 15) is 0 Å². The van der Waals surface area contributed by atoms with Crippen LogP contribution in [0, 0.1) is 0 Å². The van der Waals surface area contributed by atoms with E-state index < -0.39 is 0 Å². The molecule has 3 unspecified atom stereocenters. The maximum absolute atomic E-state index is 6.02. The number of pyridine rings is 1. The first-order valence-electron chi connectivity index (χ1n) is 5.46. The minimum absolute atomic E-state index is 0.160. The fourth-order valence-corrected chi connectivity index (χ4v) is 2.63. The summed E-state index contributed by atoms with van der Waals surface area (Å²) in [5.74, 6) is 0. The van der Waals surface area contributed by atoms with Crippen LogP contribution in [0.2, 0.25) is 0 Å². The van der Waals surface area contributed by atoms with Crippen LogP contribution < -0.4 is 5.73 Å². The lowest BCUT2D eigenvalue weighted by molar-refractivity contribution is 0.712. The van der Waals surface area contributed by atoms with Gasteiger partial charge in [-0.2, -0.15) is 0 Å². The van der Waals surface area contributed by atoms with E-state index in [0.29, 0.717) is 10.5 Å². The van der Waals surface area contributed by atoms with Crippen LogP contribution in [0.5, 0.6) is 0 Å². The van der Waals surface area contributed by atoms with E-state index in [1.165, 1.54) is 12.0 Å². The Morgan fingerprint density at radius 3 is 2.67 bits per heavy atom. The molecule has 1 heterocycles. The number of rotatable bonds is 5. The van der Waals surface area contributed by atoms with Crippen molar-refractivity contribution in [3.8, 4) is 0 Å². The van der Waals surface area contributed by atoms with Gasteiger partial charge in [-0.05, 0) is 25.0 Å². The molecule has 0 bridgehead atoms. The topological polar surface area (TPSA) is 38.9 Å². The summed E-state index contributed by atoms with van der Waals surface area (Å²) < 4.78 is 0. The van der Waals surface area contributed by atoms with Crippen LogP contribution in [-0.4, -0.2) is 16.3 Å². The molecule has 1 aromatic heterocycles. The summed E-state index contributed by atoms with van der Waals surface area (Å²) in [6, 6.07) is 4.24. The summed E-state index contributed by atoms with van der Waals surface area (Å²) in [6.07, 6.45) is 4.90. The van der Waals surface area contributed by atoms with Crippen LogP contribution in [0.15, 0.2) is 24.5 Å². The standard InChI is InChI=1S/C12H20N2S/c1-4-9(2)15-12(10(3)13)11-6-5-7-14-8-11/h5-10,12H,4,13H2,1-3H3. The van der Waals surface area contributed by atoms with Crippen LogP contribution >= 0.6 is 11.8 Å². The molecule has 1 aromatic rings. The summed E-state index contributed by atoms with van der Waals surface area (Å²) in [6.45, 7) is 6.52. The van der Waals surface area contributed by atoms with Crippen molar-refractivity contribution in [2.24, 2.45) is 5.73 Å². The van der Waals surface area contributed by atoms with Crippen molar-refractivity contribution in [3.05, 3.63) is 30.1 Å². The highest BCUT2D eigenvalue weighted by Crippen LogP contribution is 2.34. The van der Waals surface area contributed by atoms with Crippen LogP contribution in [0.3, 0.4) is 0 Å². The Labute approximate surface area is 96.7 Å². The Morgan fingerprint density at radius 1 is 1.47 bits per heavy atom. The van der Waals surface area contributed by atoms with Crippen LogP contribution in [0.1, 0.15) is 38.0 Å². The van der Waals surface area contributed by atoms with Gasteiger partial charge in [0.2, 0.25) is 0 Å². The van der Waals surface area contributed by atoms with Gasteiger partial charge in [-0.3, -0.25) is 4.98 Å². The van der Waals surface area contributed by atoms with E-state index in [-0.39, 0.29) is 6.04 Å². The lowest BCUT2D eigenvalue weighted by Crippen LogP contribution is -2.24. The van der Waals surface area contributed by atoms with Crippen molar-refractivity contribution >= 4 is 11.8 Å². The molecule has 84 valence electrons. The average Bonchev–Trinajstić information content (AvgIpc) is 2.26. The molecular formula is C12H20N2S. The van der Waals surface area contributed by atoms with E-state index >= 15 is 0 Å². The quantitative estimate of drug-likeness (QED) is 0.835. The third-order valence-electron chi connectivity index (χ3n) is 2.44. The molecule has 0 aromatic carbocycles. The van der Waals surface area contributed by atoms with Gasteiger partial charge in [-0.1, -0.05) is 19.9 Å². The van der Waals surface area contributed by atoms with Gasteiger partial charge >= 0.3 is 0 Å². The highest BCUT2D eigenvalue weighted by atomic mass is 32.2. The van der Waals surface area contributed by atoms with E-state index in [2.05, 4.69) is 31.8 Å². The molecule has 0 aliphatic heterocycles. The van der Waals surface area contributed by atoms with Crippen LogP contribution in [0.25, 0.3) is 0 Å². The zero-order valence-corrected chi connectivity index (χ0v) is 10.5. The number of hydrogen-bond donors (Lipinski definition) is 1. The van der Waals surface area contributed by atoms with Gasteiger partial charge in [-0.15, -0.1) is 11.8 Å². The van der Waals surface area contributed by atoms with Crippen LogP contribution in [-0.2, 0) is 0 Å². The van der Waals surface area contributed by atoms with E-state index in [1.54, 1.807) is 6.20 Å². The third-order valence-corrected chi connectivity index (χ3v) is 4.24. The van der Waals surface area contributed by atoms with Gasteiger partial charge in [0.15, 0.2) is 0 Å². The summed E-state index contributed by atoms with van der Waals surface area (Å²) >= 11 is 1.94. The molecule has 2 nitrogen and oxygen atoms in total. The smallest absolute Gasteiger partial charge is 0.0463 e. The molecule has 0 saturated carbocycles. The Balaban J connectivity index is 2.75. The minimum atomic E-state index is 0.160. The maximum atomic E-state index is 6.02. The summed E-state index contributed by atoms with van der Waals surface area (Å²) in [7, 11) is 0. The monoisotopic (exact) mass is 224 g/mol. The number of nitrogens with zero attached hydrogens (tertiary/aromatic N) is 1. The molecule has 1 rings (SSSR count). The zero-order chi connectivity index (χ0) is 11.3. The Kier molecular flexibility index (Phi) is 5.12. The van der Waals surface area contributed by atoms with Crippen molar-refractivity contribution in [3.63, 3.8) is 0 Å². The van der Waals surface area contributed by atoms with Crippen molar-refractivity contribution in [2.45, 2.75) is 43.7 Å². The van der Waals surface area contributed by atoms with Crippen molar-refractivity contribution in [1.82, 2.24) is 4.98 Å². The first kappa shape index (κ1) is 12.5. The number of thioether (sulfide) groups is 1. The summed E-state index contributed by atoms with van der Waals surface area (Å²) in [5, 5.41) is 0.995. The Morgan fingerprint density at radius 2 is 2.20 bits per heavy atom. The molecule has 0 amide bonds. The highest BCUT2D eigenvalue weighted by Gasteiger charge is 2.19. The summed E-state index contributed by atoms with van der Waals surface area (Å²) in [5.41, 5.74) is 7.26. The molecule has 15 heavy (non-hydrogen) atoms. The predicted molar refractivity (Wildman–Crippen MR) is 68.0 cm³/mol. The molecule has 3 heteroatoms. The van der Waals surface area contributed by atoms with E-state index in [4.69, 9.17) is 5.73 Å². The van der Waals surface area contributed by atoms with Gasteiger partial charge in [0.25, 0.3) is 0 Å². The average molecular weight is 224 g/mol. The molecule has 0 radical (unpaired) electrons. The van der Waals surface area contributed by atoms with E-state index in [0.717, 1.165) is 0 Å². The zero-order valence-electron chi connectivity index (χ0n) is 9.68. The maximum Gasteiger partial charge on any atom is 0.0463 e. The van der Waals surface area contributed by atoms with Gasteiger partial charge < -0.3 is 5.73 Å². The fourth-order valence-electron chi connectivity index (χ4n) is 1.40. The van der Waals surface area contributed by atoms with Gasteiger partial charge in [0.1, 0.15) is 0 Å². The molecule has 0 aliphatic carbocycles. The second-order valence-corrected chi connectivity index (χ2v) is 5.51. The van der Waals surface area contributed by atoms with Crippen LogP contribution in [0.4, 0.5) is 0 Å². The minimum Gasteiger partial charge on any atom is -0.327 e. The number of aromatic nitrogens is 1. The number of hydrogen-bond acceptors (Lipinski definition) is 3. The van der Waals surface area contributed by atoms with Gasteiger partial charge in [0, 0.05) is 28.9 Å². The SMILES string of the molecule is CCC(C)SC(c1cccnc1)C(C)N. The molecular weight excluding hydrogens is 204 g/mol. The lowest BCUT2D eigenvalue weighted by Gasteiger charge is -2.23. The highest BCUT2D eigenvalue weighted by molar-refractivity contribution is 8.00. The largest absolute Gasteiger partial charge is 0.327 e. The van der Waals surface area contributed by atoms with Gasteiger partial charge in [0.05, 0.1) is 0 Å². The first-order chi connectivity index (χ1) is 7.15. The van der Waals surface area contributed by atoms with Crippen molar-refractivity contribution in [1.29, 1.82) is 0 Å². The molecule has 2 N–H and O–H groups in total. The molecule has 0 spiro atoms. The summed E-state index contributed by atoms with van der Waals surface area (Å²) in [4.78, 5) is 4.15. The van der Waals surface area contributed by atoms with Crippen molar-refractivity contribution < 1.29 is 0 Å². The predicted octanol–water partition coefficient (Wildman–Crippen LogP) is 3.00. The third kappa shape index (κ3) is 3.84. The molecule has 0 saturated heterocycles. The second-order valence-electron chi connectivity index (χ2n) is 3.92. The second kappa shape index (κ2) is 6.13. The molecule has 3 atom stereocenters. The molecule has 0 fully saturated rings. The Hall–Kier alpha value is -0.540. The Bertz CT molecular complexity index is 274. The van der Waals surface area contributed by atoms with E-state index in [1.807, 2.05) is 24.0 Å². The normalized spacial score (nSPS) is 17.1.